The second-order valence-electron chi connectivity index (χ2n) is 7.84. The van der Waals surface area contributed by atoms with Crippen molar-refractivity contribution >= 4 is 17.7 Å². The van der Waals surface area contributed by atoms with E-state index in [-0.39, 0.29) is 11.9 Å². The van der Waals surface area contributed by atoms with Gasteiger partial charge in [-0.1, -0.05) is 12.1 Å². The van der Waals surface area contributed by atoms with Crippen molar-refractivity contribution in [3.05, 3.63) is 65.9 Å². The zero-order valence-corrected chi connectivity index (χ0v) is 17.2. The van der Waals surface area contributed by atoms with Crippen LogP contribution in [0.1, 0.15) is 42.1 Å². The zero-order valence-electron chi connectivity index (χ0n) is 17.2. The van der Waals surface area contributed by atoms with Crippen LogP contribution in [0.2, 0.25) is 0 Å². The molecule has 8 nitrogen and oxygen atoms in total. The van der Waals surface area contributed by atoms with Crippen molar-refractivity contribution in [2.75, 3.05) is 18.5 Å². The van der Waals surface area contributed by atoms with Crippen molar-refractivity contribution in [3.63, 3.8) is 0 Å². The lowest BCUT2D eigenvalue weighted by atomic mass is 10.0. The summed E-state index contributed by atoms with van der Waals surface area (Å²) < 4.78 is 5.69. The van der Waals surface area contributed by atoms with E-state index >= 15 is 0 Å². The highest BCUT2D eigenvalue weighted by atomic mass is 16.5. The Bertz CT molecular complexity index is 1070. The molecule has 0 aliphatic carbocycles. The number of aromatic nitrogens is 4. The first-order chi connectivity index (χ1) is 15.3. The van der Waals surface area contributed by atoms with Gasteiger partial charge in [0.25, 0.3) is 0 Å². The lowest BCUT2D eigenvalue weighted by Crippen LogP contribution is -2.32. The van der Waals surface area contributed by atoms with E-state index in [9.17, 15) is 4.79 Å². The Morgan fingerprint density at radius 3 is 3.00 bits per heavy atom. The minimum absolute atomic E-state index is 0.0700. The Labute approximate surface area is 180 Å². The van der Waals surface area contributed by atoms with Gasteiger partial charge in [-0.3, -0.25) is 9.78 Å². The molecule has 1 N–H and O–H groups in total. The Hall–Kier alpha value is -3.55. The summed E-state index contributed by atoms with van der Waals surface area (Å²) in [6, 6.07) is 7.79. The van der Waals surface area contributed by atoms with Gasteiger partial charge in [-0.2, -0.15) is 0 Å². The van der Waals surface area contributed by atoms with Crippen molar-refractivity contribution in [1.29, 1.82) is 0 Å². The number of ether oxygens (including phenoxy) is 1. The summed E-state index contributed by atoms with van der Waals surface area (Å²) in [5.41, 5.74) is 3.01. The molecule has 5 rings (SSSR count). The number of benzene rings is 1. The number of hydrogen-bond acceptors (Lipinski definition) is 7. The summed E-state index contributed by atoms with van der Waals surface area (Å²) in [6.45, 7) is 1.50. The highest BCUT2D eigenvalue weighted by Gasteiger charge is 2.31. The van der Waals surface area contributed by atoms with E-state index in [0.29, 0.717) is 18.2 Å². The van der Waals surface area contributed by atoms with Gasteiger partial charge in [0.05, 0.1) is 37.2 Å². The third-order valence-corrected chi connectivity index (χ3v) is 5.70. The van der Waals surface area contributed by atoms with Crippen LogP contribution in [0.25, 0.3) is 0 Å². The van der Waals surface area contributed by atoms with E-state index < -0.39 is 0 Å². The number of aryl methyl sites for hydroxylation is 1. The van der Waals surface area contributed by atoms with Gasteiger partial charge in [0.15, 0.2) is 5.82 Å². The molecule has 0 bridgehead atoms. The predicted molar refractivity (Wildman–Crippen MR) is 115 cm³/mol. The standard InChI is InChI=1S/C23H24N6O2/c30-22(13-16-6-7-20-17(12-16)4-2-11-31-20)29-10-1-5-19(29)18-14-24-15-21(27-18)28-23-25-8-3-9-26-23/h3,6-9,12,14-15,19H,1-2,4-5,10-11,13H2,(H,25,26,27,28). The summed E-state index contributed by atoms with van der Waals surface area (Å²) in [6.07, 6.45) is 10.9. The number of hydrogen-bond donors (Lipinski definition) is 1. The average molecular weight is 416 g/mol. The largest absolute Gasteiger partial charge is 0.493 e. The van der Waals surface area contributed by atoms with Crippen molar-refractivity contribution in [3.8, 4) is 5.75 Å². The van der Waals surface area contributed by atoms with Gasteiger partial charge in [0.2, 0.25) is 11.9 Å². The van der Waals surface area contributed by atoms with Crippen LogP contribution in [0.3, 0.4) is 0 Å². The van der Waals surface area contributed by atoms with Crippen LogP contribution < -0.4 is 10.1 Å². The third kappa shape index (κ3) is 4.33. The van der Waals surface area contributed by atoms with Gasteiger partial charge in [0, 0.05) is 18.9 Å². The van der Waals surface area contributed by atoms with E-state index in [1.807, 2.05) is 17.0 Å². The summed E-state index contributed by atoms with van der Waals surface area (Å²) in [5.74, 6) is 2.09. The number of nitrogens with zero attached hydrogens (tertiary/aromatic N) is 5. The topological polar surface area (TPSA) is 93.1 Å². The van der Waals surface area contributed by atoms with Crippen LogP contribution in [-0.2, 0) is 17.6 Å². The maximum absolute atomic E-state index is 13.2. The Balaban J connectivity index is 1.30. The fraction of sp³-hybridized carbons (Fsp3) is 0.348. The van der Waals surface area contributed by atoms with Gasteiger partial charge in [-0.15, -0.1) is 0 Å². The van der Waals surface area contributed by atoms with Crippen LogP contribution in [0.5, 0.6) is 5.75 Å². The second kappa shape index (κ2) is 8.67. The van der Waals surface area contributed by atoms with Gasteiger partial charge < -0.3 is 15.0 Å². The highest BCUT2D eigenvalue weighted by molar-refractivity contribution is 5.79. The molecule has 4 heterocycles. The van der Waals surface area contributed by atoms with Crippen LogP contribution in [0.4, 0.5) is 11.8 Å². The van der Waals surface area contributed by atoms with Crippen LogP contribution in [-0.4, -0.2) is 43.9 Å². The van der Waals surface area contributed by atoms with Gasteiger partial charge in [0.1, 0.15) is 5.75 Å². The first kappa shape index (κ1) is 19.4. The molecule has 3 aromatic rings. The molecule has 1 unspecified atom stereocenters. The molecule has 31 heavy (non-hydrogen) atoms. The molecule has 2 aliphatic heterocycles. The Kier molecular flexibility index (Phi) is 5.43. The number of carbonyl (C=O) groups excluding carboxylic acids is 1. The number of amides is 1. The number of carbonyl (C=O) groups is 1. The van der Waals surface area contributed by atoms with E-state index in [4.69, 9.17) is 4.74 Å². The van der Waals surface area contributed by atoms with E-state index in [1.54, 1.807) is 30.9 Å². The molecule has 1 atom stereocenters. The van der Waals surface area contributed by atoms with Crippen molar-refractivity contribution in [2.45, 2.75) is 38.1 Å². The average Bonchev–Trinajstić information content (AvgIpc) is 3.30. The zero-order chi connectivity index (χ0) is 21.0. The lowest BCUT2D eigenvalue weighted by Gasteiger charge is -2.25. The molecule has 2 aromatic heterocycles. The molecule has 0 saturated carbocycles. The number of anilines is 2. The number of rotatable bonds is 5. The van der Waals surface area contributed by atoms with Gasteiger partial charge in [-0.05, 0) is 48.9 Å². The van der Waals surface area contributed by atoms with E-state index in [1.165, 1.54) is 5.56 Å². The lowest BCUT2D eigenvalue weighted by molar-refractivity contribution is -0.131. The van der Waals surface area contributed by atoms with E-state index in [2.05, 4.69) is 31.3 Å². The van der Waals surface area contributed by atoms with Gasteiger partial charge >= 0.3 is 0 Å². The fourth-order valence-electron chi connectivity index (χ4n) is 4.25. The summed E-state index contributed by atoms with van der Waals surface area (Å²) in [5, 5.41) is 3.07. The highest BCUT2D eigenvalue weighted by Crippen LogP contribution is 2.32. The molecule has 1 amide bonds. The SMILES string of the molecule is O=C(Cc1ccc2c(c1)CCCO2)N1CCCC1c1cncc(Nc2ncccn2)n1. The minimum Gasteiger partial charge on any atom is -0.493 e. The molecule has 1 saturated heterocycles. The summed E-state index contributed by atoms with van der Waals surface area (Å²) in [4.78, 5) is 32.4. The molecule has 2 aliphatic rings. The second-order valence-corrected chi connectivity index (χ2v) is 7.84. The summed E-state index contributed by atoms with van der Waals surface area (Å²) >= 11 is 0. The normalized spacial score (nSPS) is 17.7. The molecule has 0 radical (unpaired) electrons. The molecule has 0 spiro atoms. The van der Waals surface area contributed by atoms with Gasteiger partial charge in [-0.25, -0.2) is 15.0 Å². The molecular weight excluding hydrogens is 392 g/mol. The Morgan fingerprint density at radius 1 is 1.19 bits per heavy atom. The first-order valence-electron chi connectivity index (χ1n) is 10.7. The smallest absolute Gasteiger partial charge is 0.228 e. The number of fused-ring (bicyclic) bond motifs is 1. The van der Waals surface area contributed by atoms with Crippen LogP contribution in [0, 0.1) is 0 Å². The number of nitrogens with one attached hydrogen (secondary N) is 1. The molecular formula is C23H24N6O2. The molecule has 1 fully saturated rings. The molecule has 158 valence electrons. The van der Waals surface area contributed by atoms with Crippen molar-refractivity contribution in [1.82, 2.24) is 24.8 Å². The van der Waals surface area contributed by atoms with E-state index in [0.717, 1.165) is 55.8 Å². The fourth-order valence-corrected chi connectivity index (χ4v) is 4.25. The number of likely N-dealkylation sites (tertiary alicyclic amines) is 1. The molecule has 8 heteroatoms. The van der Waals surface area contributed by atoms with Crippen molar-refractivity contribution < 1.29 is 9.53 Å². The monoisotopic (exact) mass is 416 g/mol. The first-order valence-corrected chi connectivity index (χ1v) is 10.7. The van der Waals surface area contributed by atoms with Crippen LogP contribution in [0.15, 0.2) is 49.1 Å². The van der Waals surface area contributed by atoms with Crippen molar-refractivity contribution in [2.24, 2.45) is 0 Å². The minimum atomic E-state index is -0.0700. The predicted octanol–water partition coefficient (Wildman–Crippen LogP) is 3.24. The third-order valence-electron chi connectivity index (χ3n) is 5.70. The quantitative estimate of drug-likeness (QED) is 0.682. The van der Waals surface area contributed by atoms with Crippen LogP contribution >= 0.6 is 0 Å². The Morgan fingerprint density at radius 2 is 2.10 bits per heavy atom. The maximum Gasteiger partial charge on any atom is 0.228 e. The maximum atomic E-state index is 13.2. The summed E-state index contributed by atoms with van der Waals surface area (Å²) in [7, 11) is 0. The molecule has 1 aromatic carbocycles.